The van der Waals surface area contributed by atoms with E-state index in [1.165, 1.54) is 0 Å². The van der Waals surface area contributed by atoms with Crippen molar-refractivity contribution in [1.29, 1.82) is 0 Å². The Morgan fingerprint density at radius 1 is 0.636 bits per heavy atom. The summed E-state index contributed by atoms with van der Waals surface area (Å²) in [5, 5.41) is 11.3. The third-order valence-electron chi connectivity index (χ3n) is 10.1. The van der Waals surface area contributed by atoms with E-state index in [9.17, 15) is 45.5 Å². The van der Waals surface area contributed by atoms with E-state index in [1.54, 1.807) is 0 Å². The number of ether oxygens (including phenoxy) is 2. The van der Waals surface area contributed by atoms with Crippen LogP contribution in [0.5, 0.6) is 11.5 Å². The summed E-state index contributed by atoms with van der Waals surface area (Å²) in [6, 6.07) is 2.44. The number of benzene rings is 2. The van der Waals surface area contributed by atoms with Gasteiger partial charge in [-0.3, -0.25) is 29.2 Å². The van der Waals surface area contributed by atoms with Crippen LogP contribution in [0.25, 0.3) is 22.5 Å². The summed E-state index contributed by atoms with van der Waals surface area (Å²) >= 11 is 0. The highest BCUT2D eigenvalue weighted by Gasteiger charge is 2.38. The fourth-order valence-electron chi connectivity index (χ4n) is 6.94. The molecule has 0 saturated carbocycles. The molecule has 2 aliphatic rings. The molecule has 16 N–H and O–H groups in total. The molecule has 4 amide bonds. The molecule has 2 aliphatic heterocycles. The smallest absolute Gasteiger partial charge is 0.416 e. The highest BCUT2D eigenvalue weighted by molar-refractivity contribution is 6.08. The Morgan fingerprint density at radius 2 is 1.05 bits per heavy atom. The van der Waals surface area contributed by atoms with E-state index in [-0.39, 0.29) is 50.7 Å². The molecule has 1 aromatic heterocycles. The van der Waals surface area contributed by atoms with Crippen LogP contribution in [0.1, 0.15) is 83.5 Å². The third-order valence-corrected chi connectivity index (χ3v) is 10.1. The van der Waals surface area contributed by atoms with Gasteiger partial charge in [0, 0.05) is 50.1 Å². The highest BCUT2D eigenvalue weighted by Crippen LogP contribution is 2.47. The molecule has 20 nitrogen and oxygen atoms in total. The van der Waals surface area contributed by atoms with Gasteiger partial charge in [0.15, 0.2) is 29.2 Å². The Kier molecular flexibility index (Phi) is 16.5. The monoisotopic (exact) mass is 936 g/mol. The number of aliphatic imine (C=N–C) groups is 2. The predicted octanol–water partition coefficient (Wildman–Crippen LogP) is 2.29. The summed E-state index contributed by atoms with van der Waals surface area (Å²) in [5.41, 5.74) is 26.9. The number of primary amides is 4. The van der Waals surface area contributed by atoms with Crippen LogP contribution in [-0.2, 0) is 21.9 Å². The normalized spacial score (nSPS) is 16.8. The van der Waals surface area contributed by atoms with Gasteiger partial charge in [0.05, 0.1) is 28.1 Å². The zero-order valence-corrected chi connectivity index (χ0v) is 35.3. The van der Waals surface area contributed by atoms with Crippen LogP contribution < -0.4 is 65.1 Å². The first kappa shape index (κ1) is 50.0. The molecule has 0 bridgehead atoms. The molecule has 2 saturated heterocycles. The van der Waals surface area contributed by atoms with Crippen LogP contribution in [0, 0.1) is 0 Å². The Hall–Kier alpha value is -6.96. The molecule has 2 atom stereocenters. The standard InChI is InChI=1S/C40H50F6N14O6/c41-39(42,43)19-13-23(32(65-21-7-11-53-17-21)25(15-19)57-37(51)55-9-3-1-5-27(47)61)29-30(34(49)63)59-36(60-31(29)35(50)64)24-14-20(40(44,45)46)16-26(33(24)66-22-8-12-54-18-22)58-38(52)56-10-4-2-6-28(48)62/h13-16,21-22,53-54H,1-12,17-18H2,(H2,47,61)(H2,48,62)(H2,49,63)(H2,50,64)(H3,51,55,57)(H3,52,56,58)/t21-,22-/m1/s1. The second kappa shape index (κ2) is 21.8. The van der Waals surface area contributed by atoms with Crippen molar-refractivity contribution in [3.63, 3.8) is 0 Å². The second-order valence-electron chi connectivity index (χ2n) is 15.2. The maximum absolute atomic E-state index is 14.8. The van der Waals surface area contributed by atoms with E-state index in [1.807, 2.05) is 0 Å². The number of nitrogens with zero attached hydrogens (tertiary/aromatic N) is 4. The van der Waals surface area contributed by atoms with E-state index >= 15 is 0 Å². The second-order valence-corrected chi connectivity index (χ2v) is 15.2. The number of hydrogen-bond donors (Lipinski definition) is 10. The predicted molar refractivity (Wildman–Crippen MR) is 230 cm³/mol. The molecule has 3 aromatic rings. The molecular weight excluding hydrogens is 887 g/mol. The molecule has 0 radical (unpaired) electrons. The minimum atomic E-state index is -5.10. The first-order valence-electron chi connectivity index (χ1n) is 20.6. The zero-order valence-electron chi connectivity index (χ0n) is 35.3. The van der Waals surface area contributed by atoms with Crippen molar-refractivity contribution >= 4 is 46.9 Å². The number of rotatable bonds is 20. The Morgan fingerprint density at radius 3 is 1.41 bits per heavy atom. The average Bonchev–Trinajstić information content (AvgIpc) is 3.95. The number of nitrogens with one attached hydrogen (secondary N) is 4. The van der Waals surface area contributed by atoms with Crippen molar-refractivity contribution in [2.45, 2.75) is 75.9 Å². The lowest BCUT2D eigenvalue weighted by Crippen LogP contribution is -2.27. The number of anilines is 2. The Bertz CT molecular complexity index is 2310. The molecule has 0 unspecified atom stereocenters. The number of guanidine groups is 2. The third kappa shape index (κ3) is 13.5. The van der Waals surface area contributed by atoms with Gasteiger partial charge in [-0.15, -0.1) is 0 Å². The van der Waals surface area contributed by atoms with Crippen molar-refractivity contribution in [3.05, 3.63) is 46.8 Å². The summed E-state index contributed by atoms with van der Waals surface area (Å²) in [6.45, 7) is 1.42. The van der Waals surface area contributed by atoms with E-state index < -0.39 is 116 Å². The number of alkyl halides is 6. The average molecular weight is 937 g/mol. The van der Waals surface area contributed by atoms with E-state index in [0.29, 0.717) is 75.9 Å². The van der Waals surface area contributed by atoms with Crippen LogP contribution >= 0.6 is 0 Å². The number of carbonyl (C=O) groups is 4. The van der Waals surface area contributed by atoms with E-state index in [0.717, 1.165) is 0 Å². The molecule has 66 heavy (non-hydrogen) atoms. The minimum Gasteiger partial charge on any atom is -0.486 e. The highest BCUT2D eigenvalue weighted by atomic mass is 19.4. The topological polar surface area (TPSA) is 341 Å². The van der Waals surface area contributed by atoms with Crippen LogP contribution in [0.4, 0.5) is 37.7 Å². The lowest BCUT2D eigenvalue weighted by molar-refractivity contribution is -0.138. The molecular formula is C40H50F6N14O6. The summed E-state index contributed by atoms with van der Waals surface area (Å²) in [5.74, 6) is -6.30. The van der Waals surface area contributed by atoms with Crippen molar-refractivity contribution in [2.24, 2.45) is 44.4 Å². The van der Waals surface area contributed by atoms with Gasteiger partial charge >= 0.3 is 12.4 Å². The minimum absolute atomic E-state index is 0.0289. The number of aromatic nitrogens is 2. The number of nitrogens with two attached hydrogens (primary N) is 6. The van der Waals surface area contributed by atoms with E-state index in [2.05, 4.69) is 41.2 Å². The van der Waals surface area contributed by atoms with Crippen LogP contribution in [0.2, 0.25) is 0 Å². The number of hydrogen-bond acceptors (Lipinski definition) is 12. The number of amides is 4. The molecule has 2 fully saturated rings. The van der Waals surface area contributed by atoms with E-state index in [4.69, 9.17) is 43.9 Å². The SMILES string of the molecule is NC(=O)CCCCN=C(N)Nc1cc(C(F)(F)F)cc(-c2nc(C(N)=O)c(-c3cc(C(F)(F)F)cc(NC(N)=NCCCCC(N)=O)c3O[C@@H]3CCNC3)c(C(N)=O)n2)c1O[C@@H]1CCNC1. The summed E-state index contributed by atoms with van der Waals surface area (Å²) in [7, 11) is 0. The summed E-state index contributed by atoms with van der Waals surface area (Å²) in [4.78, 5) is 65.9. The summed E-state index contributed by atoms with van der Waals surface area (Å²) < 4.78 is 101. The number of unbranched alkanes of at least 4 members (excludes halogenated alkanes) is 2. The lowest BCUT2D eigenvalue weighted by atomic mass is 9.95. The molecule has 358 valence electrons. The fourth-order valence-corrected chi connectivity index (χ4v) is 6.94. The lowest BCUT2D eigenvalue weighted by Gasteiger charge is -2.24. The first-order valence-corrected chi connectivity index (χ1v) is 20.6. The van der Waals surface area contributed by atoms with Gasteiger partial charge in [0.2, 0.25) is 11.8 Å². The largest absolute Gasteiger partial charge is 0.486 e. The number of halogens is 6. The molecule has 26 heteroatoms. The molecule has 0 spiro atoms. The maximum atomic E-state index is 14.8. The van der Waals surface area contributed by atoms with Crippen molar-refractivity contribution in [2.75, 3.05) is 49.9 Å². The molecule has 2 aromatic carbocycles. The molecule has 0 aliphatic carbocycles. The maximum Gasteiger partial charge on any atom is 0.416 e. The van der Waals surface area contributed by atoms with Gasteiger partial charge in [0.1, 0.15) is 23.6 Å². The van der Waals surface area contributed by atoms with Gasteiger partial charge in [-0.25, -0.2) is 9.97 Å². The van der Waals surface area contributed by atoms with Gasteiger partial charge in [-0.05, 0) is 75.9 Å². The van der Waals surface area contributed by atoms with Crippen molar-refractivity contribution < 1.29 is 55.0 Å². The van der Waals surface area contributed by atoms with Crippen LogP contribution in [0.15, 0.2) is 34.3 Å². The number of carbonyl (C=O) groups excluding carboxylic acids is 4. The van der Waals surface area contributed by atoms with Crippen molar-refractivity contribution in [3.8, 4) is 34.0 Å². The first-order chi connectivity index (χ1) is 31.1. The van der Waals surface area contributed by atoms with Crippen molar-refractivity contribution in [1.82, 2.24) is 20.6 Å². The van der Waals surface area contributed by atoms with Gasteiger partial charge in [-0.2, -0.15) is 26.3 Å². The van der Waals surface area contributed by atoms with Gasteiger partial charge in [0.25, 0.3) is 11.8 Å². The molecule has 3 heterocycles. The summed E-state index contributed by atoms with van der Waals surface area (Å²) in [6.07, 6.45) is -9.30. The van der Waals surface area contributed by atoms with Crippen LogP contribution in [-0.4, -0.2) is 97.0 Å². The van der Waals surface area contributed by atoms with Gasteiger partial charge in [-0.1, -0.05) is 0 Å². The quantitative estimate of drug-likeness (QED) is 0.0337. The Labute approximate surface area is 373 Å². The molecule has 5 rings (SSSR count). The van der Waals surface area contributed by atoms with Gasteiger partial charge < -0.3 is 65.1 Å². The van der Waals surface area contributed by atoms with Crippen LogP contribution in [0.3, 0.4) is 0 Å². The zero-order chi connectivity index (χ0) is 48.3. The fraction of sp³-hybridized carbons (Fsp3) is 0.450. The Balaban J connectivity index is 1.76.